The zero-order valence-electron chi connectivity index (χ0n) is 8.10. The first-order chi connectivity index (χ1) is 7.00. The number of carboxylic acid groups (broad SMARTS) is 1. The normalized spacial score (nSPS) is 11.8. The molecule has 6 nitrogen and oxygen atoms in total. The quantitative estimate of drug-likeness (QED) is 0.650. The number of primary amides is 1. The van der Waals surface area contributed by atoms with Crippen molar-refractivity contribution in [1.82, 2.24) is 4.98 Å². The third kappa shape index (κ3) is 2.94. The van der Waals surface area contributed by atoms with E-state index in [1.807, 2.05) is 0 Å². The molecule has 0 spiro atoms. The number of hydrogen-bond acceptors (Lipinski definition) is 4. The maximum Gasteiger partial charge on any atom is 0.335 e. The van der Waals surface area contributed by atoms with Crippen LogP contribution in [-0.2, 0) is 4.79 Å². The number of carboxylic acids is 1. The summed E-state index contributed by atoms with van der Waals surface area (Å²) in [4.78, 5) is 25.2. The van der Waals surface area contributed by atoms with Gasteiger partial charge in [-0.25, -0.2) is 9.78 Å². The van der Waals surface area contributed by atoms with Crippen molar-refractivity contribution in [3.8, 4) is 0 Å². The van der Waals surface area contributed by atoms with E-state index < -0.39 is 17.9 Å². The van der Waals surface area contributed by atoms with Crippen molar-refractivity contribution in [1.29, 1.82) is 0 Å². The van der Waals surface area contributed by atoms with E-state index in [2.05, 4.69) is 10.3 Å². The zero-order valence-corrected chi connectivity index (χ0v) is 8.10. The van der Waals surface area contributed by atoms with Gasteiger partial charge >= 0.3 is 5.97 Å². The number of hydrogen-bond donors (Lipinski definition) is 3. The number of nitrogens with two attached hydrogens (primary N) is 1. The van der Waals surface area contributed by atoms with Crippen LogP contribution in [0.4, 0.5) is 5.82 Å². The van der Waals surface area contributed by atoms with Crippen LogP contribution in [0, 0.1) is 0 Å². The molecule has 1 atom stereocenters. The van der Waals surface area contributed by atoms with Gasteiger partial charge < -0.3 is 16.2 Å². The lowest BCUT2D eigenvalue weighted by Crippen LogP contribution is -2.32. The number of rotatable bonds is 4. The molecule has 0 saturated carbocycles. The van der Waals surface area contributed by atoms with Crippen molar-refractivity contribution < 1.29 is 14.7 Å². The Morgan fingerprint density at radius 3 is 2.80 bits per heavy atom. The summed E-state index contributed by atoms with van der Waals surface area (Å²) in [7, 11) is 0. The summed E-state index contributed by atoms with van der Waals surface area (Å²) in [5.74, 6) is -1.27. The van der Waals surface area contributed by atoms with Crippen molar-refractivity contribution in [3.63, 3.8) is 0 Å². The summed E-state index contributed by atoms with van der Waals surface area (Å²) in [6.07, 6.45) is 1.35. The molecule has 4 N–H and O–H groups in total. The average Bonchev–Trinajstić information content (AvgIpc) is 2.18. The van der Waals surface area contributed by atoms with Crippen LogP contribution in [0.2, 0.25) is 0 Å². The summed E-state index contributed by atoms with van der Waals surface area (Å²) in [6.45, 7) is 1.57. The molecule has 0 radical (unpaired) electrons. The zero-order chi connectivity index (χ0) is 11.4. The molecule has 0 aliphatic rings. The van der Waals surface area contributed by atoms with E-state index >= 15 is 0 Å². The molecule has 1 aromatic heterocycles. The first-order valence-electron chi connectivity index (χ1n) is 4.26. The lowest BCUT2D eigenvalue weighted by atomic mass is 10.2. The smallest absolute Gasteiger partial charge is 0.335 e. The van der Waals surface area contributed by atoms with E-state index in [1.54, 1.807) is 6.92 Å². The van der Waals surface area contributed by atoms with Crippen LogP contribution in [-0.4, -0.2) is 28.0 Å². The van der Waals surface area contributed by atoms with Crippen molar-refractivity contribution in [2.75, 3.05) is 5.32 Å². The Kier molecular flexibility index (Phi) is 3.22. The van der Waals surface area contributed by atoms with Gasteiger partial charge in [0.2, 0.25) is 5.91 Å². The van der Waals surface area contributed by atoms with Gasteiger partial charge in [-0.3, -0.25) is 4.79 Å². The number of pyridine rings is 1. The molecule has 1 amide bonds. The van der Waals surface area contributed by atoms with Crippen LogP contribution >= 0.6 is 0 Å². The fourth-order valence-electron chi connectivity index (χ4n) is 0.935. The topological polar surface area (TPSA) is 105 Å². The van der Waals surface area contributed by atoms with Crippen LogP contribution in [0.25, 0.3) is 0 Å². The second kappa shape index (κ2) is 4.41. The predicted molar refractivity (Wildman–Crippen MR) is 53.5 cm³/mol. The summed E-state index contributed by atoms with van der Waals surface area (Å²) in [5, 5.41) is 11.4. The van der Waals surface area contributed by atoms with Gasteiger partial charge in [-0.1, -0.05) is 0 Å². The Labute approximate surface area is 86.1 Å². The second-order valence-electron chi connectivity index (χ2n) is 3.00. The van der Waals surface area contributed by atoms with Gasteiger partial charge in [0.15, 0.2) is 0 Å². The Morgan fingerprint density at radius 1 is 1.60 bits per heavy atom. The Morgan fingerprint density at radius 2 is 2.27 bits per heavy atom. The fraction of sp³-hybridized carbons (Fsp3) is 0.222. The van der Waals surface area contributed by atoms with E-state index in [0.717, 1.165) is 0 Å². The molecule has 0 aromatic carbocycles. The van der Waals surface area contributed by atoms with Gasteiger partial charge in [0, 0.05) is 6.20 Å². The maximum atomic E-state index is 10.7. The third-order valence-corrected chi connectivity index (χ3v) is 1.80. The number of amides is 1. The first-order valence-corrected chi connectivity index (χ1v) is 4.26. The van der Waals surface area contributed by atoms with Crippen LogP contribution < -0.4 is 11.1 Å². The van der Waals surface area contributed by atoms with Crippen molar-refractivity contribution >= 4 is 17.7 Å². The molecule has 1 aromatic rings. The van der Waals surface area contributed by atoms with Gasteiger partial charge in [-0.05, 0) is 19.1 Å². The van der Waals surface area contributed by atoms with E-state index in [1.165, 1.54) is 18.3 Å². The van der Waals surface area contributed by atoms with Gasteiger partial charge in [0.25, 0.3) is 0 Å². The summed E-state index contributed by atoms with van der Waals surface area (Å²) in [5.41, 5.74) is 5.14. The third-order valence-electron chi connectivity index (χ3n) is 1.80. The molecular formula is C9H11N3O3. The van der Waals surface area contributed by atoms with Crippen LogP contribution in [0.1, 0.15) is 17.3 Å². The van der Waals surface area contributed by atoms with E-state index in [0.29, 0.717) is 5.82 Å². The number of carbonyl (C=O) groups is 2. The van der Waals surface area contributed by atoms with Gasteiger partial charge in [0.05, 0.1) is 5.56 Å². The van der Waals surface area contributed by atoms with Crippen LogP contribution in [0.15, 0.2) is 18.3 Å². The number of aromatic carboxylic acids is 1. The predicted octanol–water partition coefficient (Wildman–Crippen LogP) is 0.0655. The summed E-state index contributed by atoms with van der Waals surface area (Å²) < 4.78 is 0. The minimum Gasteiger partial charge on any atom is -0.478 e. The second-order valence-corrected chi connectivity index (χ2v) is 3.00. The molecule has 15 heavy (non-hydrogen) atoms. The largest absolute Gasteiger partial charge is 0.478 e. The van der Waals surface area contributed by atoms with E-state index in [4.69, 9.17) is 10.8 Å². The molecule has 6 heteroatoms. The van der Waals surface area contributed by atoms with E-state index in [-0.39, 0.29) is 5.56 Å². The lowest BCUT2D eigenvalue weighted by Gasteiger charge is -2.10. The van der Waals surface area contributed by atoms with Crippen LogP contribution in [0.5, 0.6) is 0 Å². The number of aromatic nitrogens is 1. The molecule has 0 bridgehead atoms. The highest BCUT2D eigenvalue weighted by Crippen LogP contribution is 2.07. The minimum absolute atomic E-state index is 0.101. The molecular weight excluding hydrogens is 198 g/mol. The average molecular weight is 209 g/mol. The molecule has 0 saturated heterocycles. The van der Waals surface area contributed by atoms with Crippen molar-refractivity contribution in [2.45, 2.75) is 13.0 Å². The number of anilines is 1. The van der Waals surface area contributed by atoms with Gasteiger partial charge in [0.1, 0.15) is 11.9 Å². The lowest BCUT2D eigenvalue weighted by molar-refractivity contribution is -0.118. The van der Waals surface area contributed by atoms with E-state index in [9.17, 15) is 9.59 Å². The molecule has 1 rings (SSSR count). The van der Waals surface area contributed by atoms with Gasteiger partial charge in [-0.15, -0.1) is 0 Å². The first kappa shape index (κ1) is 11.0. The number of carbonyl (C=O) groups excluding carboxylic acids is 1. The summed E-state index contributed by atoms with van der Waals surface area (Å²) >= 11 is 0. The SMILES string of the molecule is CC(Nc1cc(C(=O)O)ccn1)C(N)=O. The van der Waals surface area contributed by atoms with Gasteiger partial charge in [-0.2, -0.15) is 0 Å². The highest BCUT2D eigenvalue weighted by molar-refractivity contribution is 5.88. The molecule has 0 fully saturated rings. The van der Waals surface area contributed by atoms with Crippen molar-refractivity contribution in [3.05, 3.63) is 23.9 Å². The molecule has 80 valence electrons. The summed E-state index contributed by atoms with van der Waals surface area (Å²) in [6, 6.07) is 2.10. The molecule has 0 aliphatic carbocycles. The Bertz CT molecular complexity index is 392. The standard InChI is InChI=1S/C9H11N3O3/c1-5(8(10)13)12-7-4-6(9(14)15)2-3-11-7/h2-5H,1H3,(H2,10,13)(H,11,12)(H,14,15). The maximum absolute atomic E-state index is 10.7. The molecule has 1 unspecified atom stereocenters. The van der Waals surface area contributed by atoms with Crippen molar-refractivity contribution in [2.24, 2.45) is 5.73 Å². The monoisotopic (exact) mass is 209 g/mol. The molecule has 0 aliphatic heterocycles. The molecule has 1 heterocycles. The fourth-order valence-corrected chi connectivity index (χ4v) is 0.935. The Balaban J connectivity index is 2.82. The number of nitrogens with zero attached hydrogens (tertiary/aromatic N) is 1. The minimum atomic E-state index is -1.05. The highest BCUT2D eigenvalue weighted by Gasteiger charge is 2.10. The Hall–Kier alpha value is -2.11. The van der Waals surface area contributed by atoms with Crippen LogP contribution in [0.3, 0.4) is 0 Å². The number of nitrogens with one attached hydrogen (secondary N) is 1. The highest BCUT2D eigenvalue weighted by atomic mass is 16.4.